The average molecular weight is 403 g/mol. The molecular weight excluding hydrogens is 383 g/mol. The van der Waals surface area contributed by atoms with E-state index in [1.165, 1.54) is 12.1 Å². The van der Waals surface area contributed by atoms with Gasteiger partial charge in [-0.2, -0.15) is 5.10 Å². The molecule has 0 aliphatic carbocycles. The summed E-state index contributed by atoms with van der Waals surface area (Å²) in [6, 6.07) is 11.4. The Hall–Kier alpha value is -2.90. The summed E-state index contributed by atoms with van der Waals surface area (Å²) in [5.74, 6) is 0.137. The van der Waals surface area contributed by atoms with Crippen molar-refractivity contribution in [3.05, 3.63) is 65.1 Å². The van der Waals surface area contributed by atoms with E-state index in [9.17, 15) is 9.18 Å². The first kappa shape index (κ1) is 19.9. The third-order valence-electron chi connectivity index (χ3n) is 4.16. The van der Waals surface area contributed by atoms with Gasteiger partial charge >= 0.3 is 0 Å². The number of ether oxygens (including phenoxy) is 1. The third-order valence-corrected chi connectivity index (χ3v) is 4.44. The molecule has 0 unspecified atom stereocenters. The number of nitrogens with one attached hydrogen (secondary N) is 2. The van der Waals surface area contributed by atoms with Crippen LogP contribution in [0, 0.1) is 5.82 Å². The fourth-order valence-corrected chi connectivity index (χ4v) is 3.08. The van der Waals surface area contributed by atoms with Gasteiger partial charge in [0.15, 0.2) is 0 Å². The number of anilines is 1. The van der Waals surface area contributed by atoms with Crippen molar-refractivity contribution in [1.82, 2.24) is 15.1 Å². The number of carbonyl (C=O) groups is 1. The van der Waals surface area contributed by atoms with E-state index in [-0.39, 0.29) is 18.3 Å². The molecule has 0 bridgehead atoms. The van der Waals surface area contributed by atoms with Crippen LogP contribution in [0.15, 0.2) is 48.7 Å². The van der Waals surface area contributed by atoms with E-state index in [4.69, 9.17) is 16.3 Å². The molecule has 1 heterocycles. The third kappa shape index (κ3) is 4.68. The minimum absolute atomic E-state index is 0.116. The highest BCUT2D eigenvalue weighted by atomic mass is 35.5. The van der Waals surface area contributed by atoms with Crippen molar-refractivity contribution < 1.29 is 13.9 Å². The van der Waals surface area contributed by atoms with Crippen molar-refractivity contribution in [1.29, 1.82) is 0 Å². The molecule has 3 aromatic rings. The summed E-state index contributed by atoms with van der Waals surface area (Å²) in [6.45, 7) is 0.581. The number of aromatic nitrogens is 2. The van der Waals surface area contributed by atoms with Gasteiger partial charge in [0, 0.05) is 24.8 Å². The van der Waals surface area contributed by atoms with Gasteiger partial charge in [0.2, 0.25) is 5.91 Å². The Morgan fingerprint density at radius 1 is 1.25 bits per heavy atom. The van der Waals surface area contributed by atoms with Gasteiger partial charge < -0.3 is 15.4 Å². The van der Waals surface area contributed by atoms with E-state index in [1.807, 2.05) is 0 Å². The van der Waals surface area contributed by atoms with E-state index in [0.717, 1.165) is 11.1 Å². The quantitative estimate of drug-likeness (QED) is 0.633. The van der Waals surface area contributed by atoms with Gasteiger partial charge in [-0.15, -0.1) is 0 Å². The van der Waals surface area contributed by atoms with Crippen LogP contribution in [0.25, 0.3) is 11.3 Å². The van der Waals surface area contributed by atoms with Crippen molar-refractivity contribution in [2.24, 2.45) is 7.05 Å². The molecule has 28 heavy (non-hydrogen) atoms. The van der Waals surface area contributed by atoms with Gasteiger partial charge in [-0.3, -0.25) is 9.48 Å². The molecular formula is C20H20ClFN4O2. The van der Waals surface area contributed by atoms with E-state index in [0.29, 0.717) is 28.7 Å². The van der Waals surface area contributed by atoms with Gasteiger partial charge in [-0.25, -0.2) is 4.39 Å². The molecule has 1 aromatic heterocycles. The minimum Gasteiger partial charge on any atom is -0.496 e. The predicted octanol–water partition coefficient (Wildman–Crippen LogP) is 3.62. The Labute approximate surface area is 167 Å². The number of nitrogens with zero attached hydrogens (tertiary/aromatic N) is 2. The molecule has 0 fully saturated rings. The zero-order chi connectivity index (χ0) is 20.1. The lowest BCUT2D eigenvalue weighted by Crippen LogP contribution is -2.27. The molecule has 0 aliphatic rings. The molecule has 0 saturated carbocycles. The summed E-state index contributed by atoms with van der Waals surface area (Å²) in [5.41, 5.74) is 2.93. The van der Waals surface area contributed by atoms with Crippen LogP contribution in [-0.2, 0) is 18.4 Å². The van der Waals surface area contributed by atoms with Crippen LogP contribution < -0.4 is 15.4 Å². The number of benzene rings is 2. The van der Waals surface area contributed by atoms with E-state index in [1.54, 1.807) is 55.4 Å². The predicted molar refractivity (Wildman–Crippen MR) is 107 cm³/mol. The van der Waals surface area contributed by atoms with Crippen LogP contribution in [0.1, 0.15) is 5.56 Å². The van der Waals surface area contributed by atoms with Crippen LogP contribution >= 0.6 is 11.6 Å². The number of amides is 1. The monoisotopic (exact) mass is 402 g/mol. The van der Waals surface area contributed by atoms with E-state index < -0.39 is 0 Å². The molecule has 3 rings (SSSR count). The molecule has 0 radical (unpaired) electrons. The topological polar surface area (TPSA) is 68.2 Å². The maximum Gasteiger partial charge on any atom is 0.238 e. The molecule has 6 nitrogen and oxygen atoms in total. The van der Waals surface area contributed by atoms with Crippen LogP contribution in [0.5, 0.6) is 5.75 Å². The first-order valence-electron chi connectivity index (χ1n) is 8.59. The first-order valence-corrected chi connectivity index (χ1v) is 8.96. The van der Waals surface area contributed by atoms with Gasteiger partial charge in [0.05, 0.1) is 30.6 Å². The van der Waals surface area contributed by atoms with Gasteiger partial charge in [-0.05, 0) is 35.9 Å². The van der Waals surface area contributed by atoms with E-state index in [2.05, 4.69) is 15.7 Å². The molecule has 2 N–H and O–H groups in total. The standard InChI is InChI=1S/C20H20ClFN4O2/c1-26-20(17(21)11-24-26)16-9-15(7-8-18(16)28-2)25-19(27)12-23-10-13-3-5-14(22)6-4-13/h3-9,11,23H,10,12H2,1-2H3,(H,25,27). The zero-order valence-corrected chi connectivity index (χ0v) is 16.3. The van der Waals surface area contributed by atoms with Gasteiger partial charge in [0.25, 0.3) is 0 Å². The number of rotatable bonds is 7. The lowest BCUT2D eigenvalue weighted by molar-refractivity contribution is -0.115. The Kier molecular flexibility index (Phi) is 6.28. The van der Waals surface area contributed by atoms with Crippen molar-refractivity contribution >= 4 is 23.2 Å². The second-order valence-electron chi connectivity index (χ2n) is 6.16. The summed E-state index contributed by atoms with van der Waals surface area (Å²) in [7, 11) is 3.35. The normalized spacial score (nSPS) is 10.7. The molecule has 2 aromatic carbocycles. The molecule has 0 aliphatic heterocycles. The lowest BCUT2D eigenvalue weighted by atomic mass is 10.1. The first-order chi connectivity index (χ1) is 13.5. The maximum absolute atomic E-state index is 12.9. The Morgan fingerprint density at radius 2 is 2.00 bits per heavy atom. The van der Waals surface area contributed by atoms with Crippen LogP contribution in [-0.4, -0.2) is 29.3 Å². The molecule has 146 valence electrons. The SMILES string of the molecule is COc1ccc(NC(=O)CNCc2ccc(F)cc2)cc1-c1c(Cl)cnn1C. The van der Waals surface area contributed by atoms with Crippen LogP contribution in [0.2, 0.25) is 5.02 Å². The Morgan fingerprint density at radius 3 is 2.64 bits per heavy atom. The highest BCUT2D eigenvalue weighted by Gasteiger charge is 2.15. The highest BCUT2D eigenvalue weighted by molar-refractivity contribution is 6.33. The number of carbonyl (C=O) groups excluding carboxylic acids is 1. The summed E-state index contributed by atoms with van der Waals surface area (Å²) in [6.07, 6.45) is 1.56. The fraction of sp³-hybridized carbons (Fsp3) is 0.200. The average Bonchev–Trinajstić information content (AvgIpc) is 3.01. The van der Waals surface area contributed by atoms with Crippen molar-refractivity contribution in [3.8, 4) is 17.0 Å². The smallest absolute Gasteiger partial charge is 0.238 e. The number of hydrogen-bond donors (Lipinski definition) is 2. The molecule has 1 amide bonds. The van der Waals surface area contributed by atoms with Crippen LogP contribution in [0.3, 0.4) is 0 Å². The van der Waals surface area contributed by atoms with Crippen molar-refractivity contribution in [3.63, 3.8) is 0 Å². The Bertz CT molecular complexity index is 953. The largest absolute Gasteiger partial charge is 0.496 e. The summed E-state index contributed by atoms with van der Waals surface area (Å²) < 4.78 is 20.0. The number of hydrogen-bond acceptors (Lipinski definition) is 4. The number of halogens is 2. The lowest BCUT2D eigenvalue weighted by Gasteiger charge is -2.13. The maximum atomic E-state index is 12.9. The highest BCUT2D eigenvalue weighted by Crippen LogP contribution is 2.36. The fourth-order valence-electron chi connectivity index (χ4n) is 2.81. The summed E-state index contributed by atoms with van der Waals surface area (Å²) in [5, 5.41) is 10.5. The molecule has 0 saturated heterocycles. The van der Waals surface area contributed by atoms with Crippen LogP contribution in [0.4, 0.5) is 10.1 Å². The van der Waals surface area contributed by atoms with Gasteiger partial charge in [0.1, 0.15) is 11.6 Å². The van der Waals surface area contributed by atoms with Crippen molar-refractivity contribution in [2.75, 3.05) is 19.0 Å². The summed E-state index contributed by atoms with van der Waals surface area (Å²) >= 11 is 6.24. The molecule has 0 spiro atoms. The molecule has 8 heteroatoms. The van der Waals surface area contributed by atoms with Crippen molar-refractivity contribution in [2.45, 2.75) is 6.54 Å². The number of methoxy groups -OCH3 is 1. The Balaban J connectivity index is 1.66. The van der Waals surface area contributed by atoms with E-state index >= 15 is 0 Å². The number of aryl methyl sites for hydroxylation is 1. The zero-order valence-electron chi connectivity index (χ0n) is 15.5. The molecule has 0 atom stereocenters. The van der Waals surface area contributed by atoms with Gasteiger partial charge in [-0.1, -0.05) is 23.7 Å². The minimum atomic E-state index is -0.287. The second kappa shape index (κ2) is 8.86. The summed E-state index contributed by atoms with van der Waals surface area (Å²) in [4.78, 5) is 12.2. The second-order valence-corrected chi connectivity index (χ2v) is 6.57.